The Kier molecular flexibility index (Phi) is 1.93. The highest BCUT2D eigenvalue weighted by Gasteiger charge is 2.00. The van der Waals surface area contributed by atoms with Gasteiger partial charge in [0.15, 0.2) is 0 Å². The monoisotopic (exact) mass is 107 g/mol. The largest absolute Gasteiger partial charge is 0.396 e. The highest BCUT2D eigenvalue weighted by Crippen LogP contribution is 2.08. The zero-order valence-corrected chi connectivity index (χ0v) is 3.08. The highest BCUT2D eigenvalue weighted by atomic mass is 19.3. The van der Waals surface area contributed by atoms with E-state index >= 15 is 0 Å². The first kappa shape index (κ1) is 6.02. The maximum atomic E-state index is 11.0. The van der Waals surface area contributed by atoms with Crippen LogP contribution in [0.5, 0.6) is 0 Å². The number of nitrogens with zero attached hydrogens (tertiary/aromatic N) is 1. The maximum absolute atomic E-state index is 11.0. The van der Waals surface area contributed by atoms with Crippen LogP contribution in [0.1, 0.15) is 0 Å². The van der Waals surface area contributed by atoms with Gasteiger partial charge in [0.25, 0.3) is 0 Å². The van der Waals surface area contributed by atoms with E-state index in [1.54, 1.807) is 4.85 Å². The Balaban J connectivity index is 4.07. The molecule has 7 heavy (non-hydrogen) atoms. The van der Waals surface area contributed by atoms with E-state index in [4.69, 9.17) is 6.57 Å². The summed E-state index contributed by atoms with van der Waals surface area (Å²) in [6, 6.07) is 0. The van der Waals surface area contributed by atoms with E-state index in [1.165, 1.54) is 0 Å². The lowest BCUT2D eigenvalue weighted by Crippen LogP contribution is -1.59. The van der Waals surface area contributed by atoms with Crippen molar-refractivity contribution in [1.29, 1.82) is 0 Å². The third-order valence-electron chi connectivity index (χ3n) is 0.254. The van der Waals surface area contributed by atoms with E-state index < -0.39 is 12.0 Å². The smallest absolute Gasteiger partial charge is 0.232 e. The molecule has 38 valence electrons. The molecule has 1 nitrogen and oxygen atoms in total. The molecule has 0 radical (unpaired) electrons. The lowest BCUT2D eigenvalue weighted by molar-refractivity contribution is 0.386. The Hall–Kier alpha value is -0.980. The van der Waals surface area contributed by atoms with Crippen LogP contribution in [0.2, 0.25) is 0 Å². The van der Waals surface area contributed by atoms with Crippen molar-refractivity contribution in [3.8, 4) is 0 Å². The summed E-state index contributed by atoms with van der Waals surface area (Å²) >= 11 is 0. The minimum absolute atomic E-state index is 1.80. The minimum Gasteiger partial charge on any atom is -0.232 e. The summed E-state index contributed by atoms with van der Waals surface area (Å²) in [4.78, 5) is 1.80. The van der Waals surface area contributed by atoms with Gasteiger partial charge in [-0.1, -0.05) is 0 Å². The molecule has 0 saturated heterocycles. The van der Waals surface area contributed by atoms with E-state index in [0.29, 0.717) is 0 Å². The lowest BCUT2D eigenvalue weighted by atomic mass is 10.9. The van der Waals surface area contributed by atoms with Crippen LogP contribution < -0.4 is 0 Å². The van der Waals surface area contributed by atoms with Crippen LogP contribution >= 0.6 is 0 Å². The van der Waals surface area contributed by atoms with Crippen LogP contribution in [0.15, 0.2) is 12.0 Å². The van der Waals surface area contributed by atoms with Crippen LogP contribution in [-0.4, -0.2) is 0 Å². The molecular weight excluding hydrogens is 107 g/mol. The van der Waals surface area contributed by atoms with E-state index in [0.717, 1.165) is 0 Å². The second-order valence-corrected chi connectivity index (χ2v) is 0.663. The summed E-state index contributed by atoms with van der Waals surface area (Å²) in [5.41, 5.74) is 0. The second kappa shape index (κ2) is 2.24. The number of hydrogen-bond donors (Lipinski definition) is 0. The fourth-order valence-corrected chi connectivity index (χ4v) is 0.0423. The van der Waals surface area contributed by atoms with Crippen LogP contribution in [0.25, 0.3) is 4.85 Å². The molecule has 0 unspecified atom stereocenters. The van der Waals surface area contributed by atoms with Gasteiger partial charge >= 0.3 is 12.0 Å². The first-order chi connectivity index (χ1) is 3.18. The maximum Gasteiger partial charge on any atom is 0.396 e. The molecule has 0 rings (SSSR count). The molecule has 0 atom stereocenters. The van der Waals surface area contributed by atoms with Crippen molar-refractivity contribution in [1.82, 2.24) is 0 Å². The third-order valence-corrected chi connectivity index (χ3v) is 0.254. The molecule has 0 aliphatic heterocycles. The third kappa shape index (κ3) is 1.82. The molecule has 0 saturated carbocycles. The van der Waals surface area contributed by atoms with Crippen molar-refractivity contribution in [3.63, 3.8) is 0 Å². The molecule has 0 bridgehead atoms. The molecule has 0 amide bonds. The Labute approximate surface area is 37.9 Å². The summed E-state index contributed by atoms with van der Waals surface area (Å²) < 4.78 is 32.5. The molecule has 0 aliphatic rings. The standard InChI is InChI=1S/C3F3N/c1-7-3(6)2(4)5. The van der Waals surface area contributed by atoms with Crippen molar-refractivity contribution in [2.75, 3.05) is 0 Å². The van der Waals surface area contributed by atoms with Gasteiger partial charge in [-0.05, 0) is 0 Å². The average Bonchev–Trinajstić information content (AvgIpc) is 1.65. The van der Waals surface area contributed by atoms with Gasteiger partial charge < -0.3 is 0 Å². The SMILES string of the molecule is [C-]#[N+]C(F)=C(F)F. The second-order valence-electron chi connectivity index (χ2n) is 0.663. The Morgan fingerprint density at radius 2 is 1.71 bits per heavy atom. The molecule has 4 heteroatoms. The molecule has 0 aliphatic carbocycles. The Bertz CT molecular complexity index is 128. The topological polar surface area (TPSA) is 4.36 Å². The van der Waals surface area contributed by atoms with Crippen LogP contribution in [-0.2, 0) is 0 Å². The fraction of sp³-hybridized carbons (Fsp3) is 0. The van der Waals surface area contributed by atoms with Gasteiger partial charge in [0.1, 0.15) is 0 Å². The van der Waals surface area contributed by atoms with Crippen molar-refractivity contribution >= 4 is 0 Å². The van der Waals surface area contributed by atoms with Crippen LogP contribution in [0.4, 0.5) is 13.2 Å². The van der Waals surface area contributed by atoms with Gasteiger partial charge in [-0.3, -0.25) is 0 Å². The predicted molar refractivity (Wildman–Crippen MR) is 17.0 cm³/mol. The number of rotatable bonds is 0. The predicted octanol–water partition coefficient (Wildman–Crippen LogP) is 1.94. The van der Waals surface area contributed by atoms with Gasteiger partial charge in [-0.15, -0.1) is 0 Å². The molecule has 0 aromatic carbocycles. The van der Waals surface area contributed by atoms with E-state index in [1.807, 2.05) is 0 Å². The van der Waals surface area contributed by atoms with E-state index in [-0.39, 0.29) is 0 Å². The van der Waals surface area contributed by atoms with Crippen molar-refractivity contribution in [3.05, 3.63) is 23.4 Å². The zero-order valence-electron chi connectivity index (χ0n) is 3.08. The van der Waals surface area contributed by atoms with E-state index in [2.05, 4.69) is 0 Å². The molecule has 0 aromatic rings. The summed E-state index contributed by atoms with van der Waals surface area (Å²) in [5.74, 6) is -2.03. The number of hydrogen-bond acceptors (Lipinski definition) is 0. The van der Waals surface area contributed by atoms with Gasteiger partial charge in [-0.2, -0.15) is 8.78 Å². The molecule has 0 aromatic heterocycles. The molecule has 0 fully saturated rings. The Morgan fingerprint density at radius 1 is 1.29 bits per heavy atom. The van der Waals surface area contributed by atoms with Crippen molar-refractivity contribution in [2.45, 2.75) is 0 Å². The summed E-state index contributed by atoms with van der Waals surface area (Å²) in [5, 5.41) is 0. The molecular formula is C3F3N. The van der Waals surface area contributed by atoms with Gasteiger partial charge in [0, 0.05) is 0 Å². The number of halogens is 3. The fourth-order valence-electron chi connectivity index (χ4n) is 0.0423. The first-order valence-electron chi connectivity index (χ1n) is 1.26. The normalized spacial score (nSPS) is 7.14. The average molecular weight is 107 g/mol. The summed E-state index contributed by atoms with van der Waals surface area (Å²) in [6.45, 7) is 5.65. The van der Waals surface area contributed by atoms with Gasteiger partial charge in [0.05, 0.1) is 6.57 Å². The van der Waals surface area contributed by atoms with Crippen LogP contribution in [0.3, 0.4) is 0 Å². The van der Waals surface area contributed by atoms with Gasteiger partial charge in [0.2, 0.25) is 0 Å². The van der Waals surface area contributed by atoms with Crippen LogP contribution in [0, 0.1) is 6.57 Å². The summed E-state index contributed by atoms with van der Waals surface area (Å²) in [7, 11) is 0. The highest BCUT2D eigenvalue weighted by molar-refractivity contribution is 4.99. The quantitative estimate of drug-likeness (QED) is 0.329. The van der Waals surface area contributed by atoms with Crippen molar-refractivity contribution in [2.24, 2.45) is 0 Å². The van der Waals surface area contributed by atoms with E-state index in [9.17, 15) is 13.2 Å². The van der Waals surface area contributed by atoms with Crippen molar-refractivity contribution < 1.29 is 13.2 Å². The molecule has 0 spiro atoms. The Morgan fingerprint density at radius 3 is 1.71 bits per heavy atom. The zero-order chi connectivity index (χ0) is 5.86. The first-order valence-corrected chi connectivity index (χ1v) is 1.26. The molecule has 0 heterocycles. The summed E-state index contributed by atoms with van der Waals surface area (Å²) in [6.07, 6.45) is -2.56. The lowest BCUT2D eigenvalue weighted by Gasteiger charge is -1.72. The van der Waals surface area contributed by atoms with Gasteiger partial charge in [-0.25, -0.2) is 9.24 Å². The molecule has 0 N–H and O–H groups in total. The minimum atomic E-state index is -2.56.